The quantitative estimate of drug-likeness (QED) is 0.869. The van der Waals surface area contributed by atoms with Gasteiger partial charge in [0.1, 0.15) is 10.7 Å². The molecular weight excluding hydrogens is 258 g/mol. The van der Waals surface area contributed by atoms with Crippen molar-refractivity contribution in [2.45, 2.75) is 19.8 Å². The molecule has 0 saturated heterocycles. The number of fused-ring (bicyclic) bond motifs is 1. The van der Waals surface area contributed by atoms with Crippen molar-refractivity contribution in [2.24, 2.45) is 0 Å². The molecule has 4 nitrogen and oxygen atoms in total. The second-order valence-corrected chi connectivity index (χ2v) is 5.98. The summed E-state index contributed by atoms with van der Waals surface area (Å²) in [6, 6.07) is 6.07. The van der Waals surface area contributed by atoms with Crippen molar-refractivity contribution in [1.29, 1.82) is 0 Å². The number of thiazole rings is 1. The zero-order valence-electron chi connectivity index (χ0n) is 10.9. The highest BCUT2D eigenvalue weighted by Crippen LogP contribution is 2.35. The van der Waals surface area contributed by atoms with Gasteiger partial charge < -0.3 is 10.6 Å². The number of aryl methyl sites for hydroxylation is 2. The number of carbonyl (C=O) groups excluding carboxylic acids is 1. The molecule has 2 heterocycles. The Bertz CT molecular complexity index is 663. The van der Waals surface area contributed by atoms with Gasteiger partial charge in [0.05, 0.1) is 5.01 Å². The van der Waals surface area contributed by atoms with Crippen molar-refractivity contribution in [3.05, 3.63) is 28.8 Å². The van der Waals surface area contributed by atoms with E-state index in [1.807, 2.05) is 26.1 Å². The average Bonchev–Trinajstić information content (AvgIpc) is 2.73. The zero-order chi connectivity index (χ0) is 13.6. The molecular formula is C14H15N3OS. The predicted molar refractivity (Wildman–Crippen MR) is 78.4 cm³/mol. The maximum absolute atomic E-state index is 11.7. The van der Waals surface area contributed by atoms with Gasteiger partial charge in [0, 0.05) is 24.7 Å². The molecule has 2 aromatic rings. The molecule has 0 saturated carbocycles. The Morgan fingerprint density at radius 2 is 2.16 bits per heavy atom. The molecule has 5 heteroatoms. The van der Waals surface area contributed by atoms with Crippen LogP contribution in [0.2, 0.25) is 0 Å². The van der Waals surface area contributed by atoms with Crippen LogP contribution in [-0.2, 0) is 11.2 Å². The van der Waals surface area contributed by atoms with Crippen LogP contribution in [-0.4, -0.2) is 17.9 Å². The molecule has 1 aliphatic heterocycles. The fraction of sp³-hybridized carbons (Fsp3) is 0.286. The van der Waals surface area contributed by atoms with Gasteiger partial charge in [0.25, 0.3) is 0 Å². The number of benzene rings is 1. The van der Waals surface area contributed by atoms with Crippen molar-refractivity contribution in [3.63, 3.8) is 0 Å². The number of aromatic nitrogens is 1. The summed E-state index contributed by atoms with van der Waals surface area (Å²) in [5, 5.41) is 1.72. The summed E-state index contributed by atoms with van der Waals surface area (Å²) in [7, 11) is 1.82. The topological polar surface area (TPSA) is 59.2 Å². The number of amides is 1. The molecule has 1 aromatic carbocycles. The number of nitrogens with zero attached hydrogens (tertiary/aromatic N) is 2. The third kappa shape index (κ3) is 2.00. The third-order valence-corrected chi connectivity index (χ3v) is 4.26. The Labute approximate surface area is 115 Å². The van der Waals surface area contributed by atoms with Gasteiger partial charge in [-0.2, -0.15) is 0 Å². The molecule has 0 aliphatic carbocycles. The predicted octanol–water partition coefficient (Wildman–Crippen LogP) is 2.61. The van der Waals surface area contributed by atoms with Crippen molar-refractivity contribution in [1.82, 2.24) is 4.98 Å². The van der Waals surface area contributed by atoms with Gasteiger partial charge in [-0.05, 0) is 31.0 Å². The Kier molecular flexibility index (Phi) is 2.78. The van der Waals surface area contributed by atoms with Gasteiger partial charge in [-0.25, -0.2) is 4.98 Å². The van der Waals surface area contributed by atoms with E-state index in [9.17, 15) is 4.79 Å². The lowest BCUT2D eigenvalue weighted by Gasteiger charge is -2.26. The highest BCUT2D eigenvalue weighted by Gasteiger charge is 2.21. The SMILES string of the molecule is Cc1nc(-c2ccc3c(c2)CCC(=O)N3C)c(N)s1. The van der Waals surface area contributed by atoms with E-state index in [0.29, 0.717) is 6.42 Å². The van der Waals surface area contributed by atoms with E-state index in [-0.39, 0.29) is 5.91 Å². The van der Waals surface area contributed by atoms with Gasteiger partial charge >= 0.3 is 0 Å². The minimum atomic E-state index is 0.171. The van der Waals surface area contributed by atoms with Crippen LogP contribution in [0.25, 0.3) is 11.3 Å². The summed E-state index contributed by atoms with van der Waals surface area (Å²) < 4.78 is 0. The molecule has 1 aliphatic rings. The first-order valence-electron chi connectivity index (χ1n) is 6.19. The molecule has 98 valence electrons. The minimum absolute atomic E-state index is 0.171. The number of hydrogen-bond acceptors (Lipinski definition) is 4. The van der Waals surface area contributed by atoms with Crippen molar-refractivity contribution < 1.29 is 4.79 Å². The smallest absolute Gasteiger partial charge is 0.227 e. The highest BCUT2D eigenvalue weighted by atomic mass is 32.1. The Morgan fingerprint density at radius 1 is 1.37 bits per heavy atom. The Balaban J connectivity index is 2.07. The molecule has 3 rings (SSSR count). The number of anilines is 2. The molecule has 0 bridgehead atoms. The van der Waals surface area contributed by atoms with E-state index in [2.05, 4.69) is 11.1 Å². The fourth-order valence-electron chi connectivity index (χ4n) is 2.45. The van der Waals surface area contributed by atoms with E-state index in [1.165, 1.54) is 16.9 Å². The molecule has 0 fully saturated rings. The van der Waals surface area contributed by atoms with E-state index < -0.39 is 0 Å². The normalized spacial score (nSPS) is 14.6. The number of hydrogen-bond donors (Lipinski definition) is 1. The van der Waals surface area contributed by atoms with Crippen LogP contribution < -0.4 is 10.6 Å². The molecule has 0 atom stereocenters. The van der Waals surface area contributed by atoms with E-state index >= 15 is 0 Å². The fourth-order valence-corrected chi connectivity index (χ4v) is 3.17. The number of nitrogen functional groups attached to an aromatic ring is 1. The van der Waals surface area contributed by atoms with E-state index in [0.717, 1.165) is 33.4 Å². The molecule has 0 unspecified atom stereocenters. The van der Waals surface area contributed by atoms with Crippen LogP contribution in [0.3, 0.4) is 0 Å². The third-order valence-electron chi connectivity index (χ3n) is 3.46. The molecule has 1 aromatic heterocycles. The first kappa shape index (κ1) is 12.2. The van der Waals surface area contributed by atoms with Crippen LogP contribution >= 0.6 is 11.3 Å². The van der Waals surface area contributed by atoms with Crippen molar-refractivity contribution in [3.8, 4) is 11.3 Å². The number of rotatable bonds is 1. The van der Waals surface area contributed by atoms with Crippen LogP contribution in [0.1, 0.15) is 17.0 Å². The molecule has 1 amide bonds. The van der Waals surface area contributed by atoms with Crippen LogP contribution in [0.15, 0.2) is 18.2 Å². The lowest BCUT2D eigenvalue weighted by molar-refractivity contribution is -0.118. The number of carbonyl (C=O) groups is 1. The van der Waals surface area contributed by atoms with E-state index in [1.54, 1.807) is 4.90 Å². The molecule has 2 N–H and O–H groups in total. The van der Waals surface area contributed by atoms with Crippen LogP contribution in [0.5, 0.6) is 0 Å². The molecule has 0 radical (unpaired) electrons. The van der Waals surface area contributed by atoms with Crippen LogP contribution in [0, 0.1) is 6.92 Å². The maximum atomic E-state index is 11.7. The zero-order valence-corrected chi connectivity index (χ0v) is 11.8. The summed E-state index contributed by atoms with van der Waals surface area (Å²) in [6.45, 7) is 1.95. The summed E-state index contributed by atoms with van der Waals surface area (Å²) in [6.07, 6.45) is 1.36. The van der Waals surface area contributed by atoms with Gasteiger partial charge in [-0.1, -0.05) is 6.07 Å². The summed E-state index contributed by atoms with van der Waals surface area (Å²) in [5.41, 5.74) is 10.0. The van der Waals surface area contributed by atoms with Crippen molar-refractivity contribution in [2.75, 3.05) is 17.7 Å². The van der Waals surface area contributed by atoms with Gasteiger partial charge in [0.2, 0.25) is 5.91 Å². The van der Waals surface area contributed by atoms with Crippen LogP contribution in [0.4, 0.5) is 10.7 Å². The average molecular weight is 273 g/mol. The monoisotopic (exact) mass is 273 g/mol. The van der Waals surface area contributed by atoms with E-state index in [4.69, 9.17) is 5.73 Å². The maximum Gasteiger partial charge on any atom is 0.227 e. The summed E-state index contributed by atoms with van der Waals surface area (Å²) in [4.78, 5) is 17.9. The van der Waals surface area contributed by atoms with Gasteiger partial charge in [-0.3, -0.25) is 4.79 Å². The van der Waals surface area contributed by atoms with Gasteiger partial charge in [0.15, 0.2) is 0 Å². The summed E-state index contributed by atoms with van der Waals surface area (Å²) >= 11 is 1.50. The highest BCUT2D eigenvalue weighted by molar-refractivity contribution is 7.16. The Hall–Kier alpha value is -1.88. The minimum Gasteiger partial charge on any atom is -0.389 e. The molecule has 0 spiro atoms. The standard InChI is InChI=1S/C14H15N3OS/c1-8-16-13(14(15)19-8)10-3-5-11-9(7-10)4-6-12(18)17(11)2/h3,5,7H,4,6,15H2,1-2H3. The largest absolute Gasteiger partial charge is 0.389 e. The first-order chi connectivity index (χ1) is 9.06. The second-order valence-electron chi connectivity index (χ2n) is 4.74. The second kappa shape index (κ2) is 4.35. The Morgan fingerprint density at radius 3 is 2.84 bits per heavy atom. The lowest BCUT2D eigenvalue weighted by atomic mass is 9.98. The van der Waals surface area contributed by atoms with Gasteiger partial charge in [-0.15, -0.1) is 11.3 Å². The summed E-state index contributed by atoms with van der Waals surface area (Å²) in [5.74, 6) is 0.171. The number of nitrogens with two attached hydrogens (primary N) is 1. The first-order valence-corrected chi connectivity index (χ1v) is 7.00. The molecule has 19 heavy (non-hydrogen) atoms. The lowest BCUT2D eigenvalue weighted by Crippen LogP contribution is -2.30. The van der Waals surface area contributed by atoms with Crippen molar-refractivity contribution >= 4 is 27.9 Å².